The fraction of sp³-hybridized carbons (Fsp3) is 0.261. The summed E-state index contributed by atoms with van der Waals surface area (Å²) in [4.78, 5) is 60.1. The molecule has 0 radical (unpaired) electrons. The molecule has 2 aliphatic rings. The third-order valence-corrected chi connectivity index (χ3v) is 6.04. The maximum absolute atomic E-state index is 12.7. The first kappa shape index (κ1) is 19.9. The second kappa shape index (κ2) is 7.92. The summed E-state index contributed by atoms with van der Waals surface area (Å²) in [5, 5.41) is 3.02. The lowest BCUT2D eigenvalue weighted by molar-refractivity contribution is -0.132. The van der Waals surface area contributed by atoms with Crippen LogP contribution in [0.3, 0.4) is 0 Å². The molecule has 5 rings (SSSR count). The molecule has 0 bridgehead atoms. The number of carbonyl (C=O) groups excluding carboxylic acids is 4. The number of benzene rings is 2. The van der Waals surface area contributed by atoms with E-state index in [1.165, 1.54) is 0 Å². The van der Waals surface area contributed by atoms with E-state index in [0.717, 1.165) is 15.9 Å². The highest BCUT2D eigenvalue weighted by molar-refractivity contribution is 6.22. The fourth-order valence-electron chi connectivity index (χ4n) is 4.24. The molecular weight excluding hydrogens is 410 g/mol. The lowest BCUT2D eigenvalue weighted by Gasteiger charge is -2.33. The molecule has 2 aliphatic heterocycles. The summed E-state index contributed by atoms with van der Waals surface area (Å²) < 4.78 is 0. The van der Waals surface area contributed by atoms with Gasteiger partial charge in [-0.2, -0.15) is 0 Å². The summed E-state index contributed by atoms with van der Waals surface area (Å²) in [6.07, 6.45) is 2.79. The van der Waals surface area contributed by atoms with E-state index in [1.807, 2.05) is 0 Å². The van der Waals surface area contributed by atoms with Gasteiger partial charge in [-0.25, -0.2) is 4.98 Å². The zero-order valence-electron chi connectivity index (χ0n) is 17.2. The van der Waals surface area contributed by atoms with Gasteiger partial charge < -0.3 is 15.2 Å². The van der Waals surface area contributed by atoms with Gasteiger partial charge in [0, 0.05) is 24.7 Å². The van der Waals surface area contributed by atoms with Crippen molar-refractivity contribution in [3.05, 3.63) is 65.5 Å². The number of amides is 4. The molecule has 0 saturated carbocycles. The van der Waals surface area contributed by atoms with Crippen LogP contribution in [0.2, 0.25) is 0 Å². The van der Waals surface area contributed by atoms with Crippen molar-refractivity contribution in [2.75, 3.05) is 19.6 Å². The van der Waals surface area contributed by atoms with Gasteiger partial charge in [-0.15, -0.1) is 0 Å². The zero-order chi connectivity index (χ0) is 22.2. The Bertz CT molecular complexity index is 1210. The number of aromatic amines is 1. The van der Waals surface area contributed by atoms with Crippen molar-refractivity contribution >= 4 is 34.7 Å². The second-order valence-corrected chi connectivity index (χ2v) is 8.01. The van der Waals surface area contributed by atoms with Gasteiger partial charge in [0.15, 0.2) is 0 Å². The lowest BCUT2D eigenvalue weighted by atomic mass is 10.0. The summed E-state index contributed by atoms with van der Waals surface area (Å²) in [6, 6.07) is 11.8. The third kappa shape index (κ3) is 3.51. The van der Waals surface area contributed by atoms with Gasteiger partial charge in [0.2, 0.25) is 5.91 Å². The number of nitrogens with zero attached hydrogens (tertiary/aromatic N) is 3. The maximum Gasteiger partial charge on any atom is 0.262 e. The second-order valence-electron chi connectivity index (χ2n) is 8.01. The van der Waals surface area contributed by atoms with Crippen LogP contribution in [0, 0.1) is 0 Å². The fourth-order valence-corrected chi connectivity index (χ4v) is 4.24. The number of imidazole rings is 1. The standard InChI is InChI=1S/C23H21N5O4/c29-20(12-28-22(31)16-3-1-2-4-17(16)23(28)32)27-9-7-15(8-10-27)26-21(30)14-5-6-18-19(11-14)25-13-24-18/h1-6,11,13,15H,7-10,12H2,(H,24,25)(H,26,30). The normalized spacial score (nSPS) is 16.5. The van der Waals surface area contributed by atoms with Crippen LogP contribution in [0.4, 0.5) is 0 Å². The van der Waals surface area contributed by atoms with Crippen LogP contribution in [0.25, 0.3) is 11.0 Å². The van der Waals surface area contributed by atoms with Gasteiger partial charge in [0.1, 0.15) is 6.54 Å². The summed E-state index contributed by atoms with van der Waals surface area (Å²) in [7, 11) is 0. The highest BCUT2D eigenvalue weighted by Gasteiger charge is 2.37. The molecule has 0 aliphatic carbocycles. The molecule has 0 atom stereocenters. The van der Waals surface area contributed by atoms with E-state index < -0.39 is 11.8 Å². The number of piperidine rings is 1. The molecule has 9 heteroatoms. The number of rotatable bonds is 4. The molecule has 0 spiro atoms. The summed E-state index contributed by atoms with van der Waals surface area (Å²) >= 11 is 0. The molecule has 1 saturated heterocycles. The highest BCUT2D eigenvalue weighted by atomic mass is 16.2. The molecule has 3 heterocycles. The highest BCUT2D eigenvalue weighted by Crippen LogP contribution is 2.23. The maximum atomic E-state index is 12.7. The summed E-state index contributed by atoms with van der Waals surface area (Å²) in [5.74, 6) is -1.31. The van der Waals surface area contributed by atoms with E-state index in [2.05, 4.69) is 15.3 Å². The minimum atomic E-state index is -0.435. The minimum absolute atomic E-state index is 0.0525. The van der Waals surface area contributed by atoms with Gasteiger partial charge in [0.05, 0.1) is 28.5 Å². The SMILES string of the molecule is O=C(NC1CCN(C(=O)CN2C(=O)c3ccccc3C2=O)CC1)c1ccc2nc[nH]c2c1. The third-order valence-electron chi connectivity index (χ3n) is 6.04. The molecule has 1 aromatic heterocycles. The zero-order valence-corrected chi connectivity index (χ0v) is 17.2. The van der Waals surface area contributed by atoms with E-state index in [0.29, 0.717) is 42.6 Å². The van der Waals surface area contributed by atoms with Crippen molar-refractivity contribution < 1.29 is 19.2 Å². The largest absolute Gasteiger partial charge is 0.349 e. The van der Waals surface area contributed by atoms with E-state index in [-0.39, 0.29) is 24.4 Å². The van der Waals surface area contributed by atoms with E-state index in [1.54, 1.807) is 53.7 Å². The molecule has 2 aromatic carbocycles. The summed E-state index contributed by atoms with van der Waals surface area (Å²) in [6.45, 7) is 0.632. The first-order chi connectivity index (χ1) is 15.5. The average Bonchev–Trinajstić information content (AvgIpc) is 3.38. The van der Waals surface area contributed by atoms with Crippen LogP contribution in [-0.2, 0) is 4.79 Å². The predicted molar refractivity (Wildman–Crippen MR) is 115 cm³/mol. The van der Waals surface area contributed by atoms with Crippen LogP contribution in [0.15, 0.2) is 48.8 Å². The van der Waals surface area contributed by atoms with Gasteiger partial charge in [-0.05, 0) is 43.2 Å². The van der Waals surface area contributed by atoms with Gasteiger partial charge >= 0.3 is 0 Å². The first-order valence-corrected chi connectivity index (χ1v) is 10.5. The Labute approximate surface area is 183 Å². The lowest BCUT2D eigenvalue weighted by Crippen LogP contribution is -2.49. The number of nitrogens with one attached hydrogen (secondary N) is 2. The number of fused-ring (bicyclic) bond motifs is 2. The Morgan fingerprint density at radius 2 is 1.72 bits per heavy atom. The number of H-pyrrole nitrogens is 1. The van der Waals surface area contributed by atoms with Crippen LogP contribution in [0.5, 0.6) is 0 Å². The number of imide groups is 1. The van der Waals surface area contributed by atoms with Crippen molar-refractivity contribution in [2.24, 2.45) is 0 Å². The van der Waals surface area contributed by atoms with Gasteiger partial charge in [-0.3, -0.25) is 24.1 Å². The monoisotopic (exact) mass is 431 g/mol. The van der Waals surface area contributed by atoms with Crippen molar-refractivity contribution in [1.29, 1.82) is 0 Å². The molecule has 2 N–H and O–H groups in total. The average molecular weight is 431 g/mol. The molecule has 32 heavy (non-hydrogen) atoms. The van der Waals surface area contributed by atoms with Crippen LogP contribution >= 0.6 is 0 Å². The van der Waals surface area contributed by atoms with Crippen LogP contribution in [-0.4, -0.2) is 69.1 Å². The molecule has 1 fully saturated rings. The number of likely N-dealkylation sites (tertiary alicyclic amines) is 1. The summed E-state index contributed by atoms with van der Waals surface area (Å²) in [5.41, 5.74) is 2.81. The smallest absolute Gasteiger partial charge is 0.262 e. The van der Waals surface area contributed by atoms with Crippen LogP contribution < -0.4 is 5.32 Å². The Morgan fingerprint density at radius 3 is 2.41 bits per heavy atom. The van der Waals surface area contributed by atoms with Crippen LogP contribution in [0.1, 0.15) is 43.9 Å². The number of hydrogen-bond acceptors (Lipinski definition) is 5. The first-order valence-electron chi connectivity index (χ1n) is 10.5. The van der Waals surface area contributed by atoms with Crippen molar-refractivity contribution in [2.45, 2.75) is 18.9 Å². The number of aromatic nitrogens is 2. The Morgan fingerprint density at radius 1 is 1.03 bits per heavy atom. The molecule has 9 nitrogen and oxygen atoms in total. The van der Waals surface area contributed by atoms with Crippen molar-refractivity contribution in [1.82, 2.24) is 25.1 Å². The van der Waals surface area contributed by atoms with Crippen molar-refractivity contribution in [3.63, 3.8) is 0 Å². The number of carbonyl (C=O) groups is 4. The number of hydrogen-bond donors (Lipinski definition) is 2. The van der Waals surface area contributed by atoms with E-state index in [4.69, 9.17) is 0 Å². The Hall–Kier alpha value is -4.01. The van der Waals surface area contributed by atoms with E-state index in [9.17, 15) is 19.2 Å². The minimum Gasteiger partial charge on any atom is -0.349 e. The Kier molecular flexibility index (Phi) is 4.93. The molecule has 3 aromatic rings. The topological polar surface area (TPSA) is 115 Å². The van der Waals surface area contributed by atoms with Gasteiger partial charge in [-0.1, -0.05) is 12.1 Å². The van der Waals surface area contributed by atoms with Crippen molar-refractivity contribution in [3.8, 4) is 0 Å². The Balaban J connectivity index is 1.15. The van der Waals surface area contributed by atoms with E-state index >= 15 is 0 Å². The molecule has 4 amide bonds. The molecular formula is C23H21N5O4. The van der Waals surface area contributed by atoms with Gasteiger partial charge in [0.25, 0.3) is 17.7 Å². The quantitative estimate of drug-likeness (QED) is 0.609. The molecule has 162 valence electrons. The molecule has 0 unspecified atom stereocenters. The predicted octanol–water partition coefficient (Wildman–Crippen LogP) is 1.58.